The zero-order valence-electron chi connectivity index (χ0n) is 14.7. The minimum Gasteiger partial charge on any atom is -0.481 e. The molecule has 2 rings (SSSR count). The van der Waals surface area contributed by atoms with Crippen molar-refractivity contribution in [2.75, 3.05) is 0 Å². The molecule has 0 aliphatic rings. The Morgan fingerprint density at radius 2 is 1.93 bits per heavy atom. The van der Waals surface area contributed by atoms with Crippen LogP contribution in [0.25, 0.3) is 17.4 Å². The Morgan fingerprint density at radius 3 is 2.52 bits per heavy atom. The second kappa shape index (κ2) is 8.88. The molecule has 0 radical (unpaired) electrons. The predicted molar refractivity (Wildman–Crippen MR) is 93.7 cm³/mol. The molecule has 2 aromatic rings. The van der Waals surface area contributed by atoms with Gasteiger partial charge in [-0.1, -0.05) is 6.08 Å². The van der Waals surface area contributed by atoms with Crippen LogP contribution in [0.4, 0.5) is 18.9 Å². The van der Waals surface area contributed by atoms with E-state index in [2.05, 4.69) is 0 Å². The molecule has 3 N–H and O–H groups in total. The number of hydrogen-bond acceptors (Lipinski definition) is 6. The van der Waals surface area contributed by atoms with E-state index in [1.165, 1.54) is 24.3 Å². The number of aliphatic hydroxyl groups is 2. The van der Waals surface area contributed by atoms with Crippen LogP contribution < -0.4 is 0 Å². The number of nitro benzene ring substituents is 1. The number of nitrogens with zero attached hydrogens (tertiary/aromatic N) is 1. The molecule has 1 heterocycles. The van der Waals surface area contributed by atoms with Gasteiger partial charge in [0, 0.05) is 12.5 Å². The highest BCUT2D eigenvalue weighted by Gasteiger charge is 2.33. The van der Waals surface area contributed by atoms with E-state index in [9.17, 15) is 38.3 Å². The molecule has 11 heteroatoms. The van der Waals surface area contributed by atoms with Crippen LogP contribution in [0, 0.1) is 10.1 Å². The van der Waals surface area contributed by atoms with Crippen LogP contribution in [0.1, 0.15) is 24.2 Å². The van der Waals surface area contributed by atoms with Crippen molar-refractivity contribution in [2.45, 2.75) is 31.2 Å². The number of halogens is 3. The Kier molecular flexibility index (Phi) is 6.77. The van der Waals surface area contributed by atoms with Gasteiger partial charge in [-0.25, -0.2) is 0 Å². The number of aliphatic carboxylic acids is 1. The third-order valence-electron chi connectivity index (χ3n) is 3.82. The second-order valence-corrected chi connectivity index (χ2v) is 6.10. The van der Waals surface area contributed by atoms with E-state index in [1.54, 1.807) is 0 Å². The van der Waals surface area contributed by atoms with E-state index < -0.39 is 46.9 Å². The van der Waals surface area contributed by atoms with Gasteiger partial charge in [0.1, 0.15) is 11.5 Å². The zero-order valence-corrected chi connectivity index (χ0v) is 14.7. The monoisotopic (exact) mass is 415 g/mol. The Morgan fingerprint density at radius 1 is 1.24 bits per heavy atom. The van der Waals surface area contributed by atoms with Crippen molar-refractivity contribution >= 4 is 17.7 Å². The Balaban J connectivity index is 2.19. The van der Waals surface area contributed by atoms with Crippen molar-refractivity contribution in [3.05, 3.63) is 57.8 Å². The third kappa shape index (κ3) is 6.16. The fraction of sp³-hybridized carbons (Fsp3) is 0.278. The number of alkyl halides is 3. The van der Waals surface area contributed by atoms with Gasteiger partial charge in [-0.15, -0.1) is 0 Å². The molecule has 0 aliphatic heterocycles. The van der Waals surface area contributed by atoms with E-state index in [0.29, 0.717) is 12.1 Å². The molecule has 0 aliphatic carbocycles. The molecular formula is C18H16F3NO7. The van der Waals surface area contributed by atoms with E-state index in [4.69, 9.17) is 9.52 Å². The van der Waals surface area contributed by atoms with E-state index >= 15 is 0 Å². The fourth-order valence-electron chi connectivity index (χ4n) is 2.50. The number of rotatable bonds is 8. The zero-order chi connectivity index (χ0) is 21.8. The summed E-state index contributed by atoms with van der Waals surface area (Å²) in [6, 6.07) is 4.76. The molecule has 0 saturated heterocycles. The molecule has 156 valence electrons. The number of carbonyl (C=O) groups is 1. The summed E-state index contributed by atoms with van der Waals surface area (Å²) in [5, 5.41) is 38.9. The van der Waals surface area contributed by atoms with E-state index in [1.807, 2.05) is 0 Å². The van der Waals surface area contributed by atoms with Crippen LogP contribution >= 0.6 is 0 Å². The van der Waals surface area contributed by atoms with Crippen LogP contribution in [0.2, 0.25) is 0 Å². The Hall–Kier alpha value is -3.18. The van der Waals surface area contributed by atoms with Crippen LogP contribution in [0.5, 0.6) is 0 Å². The maximum atomic E-state index is 12.8. The molecule has 0 spiro atoms. The molecular weight excluding hydrogens is 399 g/mol. The predicted octanol–water partition coefficient (Wildman–Crippen LogP) is 3.47. The summed E-state index contributed by atoms with van der Waals surface area (Å²) in [7, 11) is 0. The van der Waals surface area contributed by atoms with E-state index in [-0.39, 0.29) is 23.5 Å². The average molecular weight is 415 g/mol. The molecule has 1 aromatic heterocycles. The van der Waals surface area contributed by atoms with Gasteiger partial charge in [-0.05, 0) is 30.3 Å². The highest BCUT2D eigenvalue weighted by atomic mass is 19.4. The van der Waals surface area contributed by atoms with Crippen molar-refractivity contribution in [2.24, 2.45) is 0 Å². The summed E-state index contributed by atoms with van der Waals surface area (Å²) < 4.78 is 43.7. The number of benzene rings is 1. The summed E-state index contributed by atoms with van der Waals surface area (Å²) >= 11 is 0. The lowest BCUT2D eigenvalue weighted by molar-refractivity contribution is -0.384. The Bertz CT molecular complexity index is 920. The van der Waals surface area contributed by atoms with Crippen LogP contribution in [0.15, 0.2) is 40.8 Å². The summed E-state index contributed by atoms with van der Waals surface area (Å²) in [6.45, 7) is 0. The molecule has 0 saturated carbocycles. The summed E-state index contributed by atoms with van der Waals surface area (Å²) in [5.41, 5.74) is -2.09. The lowest BCUT2D eigenvalue weighted by atomic mass is 10.1. The van der Waals surface area contributed by atoms with Gasteiger partial charge in [0.05, 0.1) is 34.7 Å². The van der Waals surface area contributed by atoms with Gasteiger partial charge in [-0.2, -0.15) is 13.2 Å². The van der Waals surface area contributed by atoms with Gasteiger partial charge in [-0.3, -0.25) is 14.9 Å². The molecule has 1 aromatic carbocycles. The molecule has 2 atom stereocenters. The summed E-state index contributed by atoms with van der Waals surface area (Å²) in [5.74, 6) is -1.13. The molecule has 29 heavy (non-hydrogen) atoms. The normalized spacial score (nSPS) is 14.1. The van der Waals surface area contributed by atoms with Crippen LogP contribution in [-0.2, 0) is 11.0 Å². The smallest absolute Gasteiger partial charge is 0.416 e. The molecule has 8 nitrogen and oxygen atoms in total. The van der Waals surface area contributed by atoms with Gasteiger partial charge >= 0.3 is 12.1 Å². The van der Waals surface area contributed by atoms with Gasteiger partial charge < -0.3 is 19.7 Å². The fourth-order valence-corrected chi connectivity index (χ4v) is 2.50. The van der Waals surface area contributed by atoms with Gasteiger partial charge in [0.25, 0.3) is 5.69 Å². The van der Waals surface area contributed by atoms with Crippen molar-refractivity contribution in [1.29, 1.82) is 0 Å². The van der Waals surface area contributed by atoms with Gasteiger partial charge in [0.2, 0.25) is 0 Å². The standard InChI is InChI=1S/C18H16F3NO7/c19-18(20,21)10-1-5-14(15(7-10)22(27)28)16-6-4-13(29-16)3-2-11(23)8-12(24)9-17(25)26/h1-7,11-12,23-24H,8-9H2,(H,25,26)/t11-,12+/m1/s1. The molecule has 0 fully saturated rings. The highest BCUT2D eigenvalue weighted by Crippen LogP contribution is 2.37. The second-order valence-electron chi connectivity index (χ2n) is 6.10. The molecule has 0 bridgehead atoms. The first-order chi connectivity index (χ1) is 13.5. The first-order valence-corrected chi connectivity index (χ1v) is 8.19. The van der Waals surface area contributed by atoms with Gasteiger partial charge in [0.15, 0.2) is 0 Å². The first-order valence-electron chi connectivity index (χ1n) is 8.19. The number of aliphatic hydroxyl groups excluding tert-OH is 2. The lowest BCUT2D eigenvalue weighted by Gasteiger charge is -2.10. The average Bonchev–Trinajstić information content (AvgIpc) is 3.06. The quantitative estimate of drug-likeness (QED) is 0.444. The summed E-state index contributed by atoms with van der Waals surface area (Å²) in [4.78, 5) is 20.7. The maximum absolute atomic E-state index is 12.8. The number of furan rings is 1. The van der Waals surface area contributed by atoms with Crippen molar-refractivity contribution < 1.29 is 42.6 Å². The van der Waals surface area contributed by atoms with Crippen molar-refractivity contribution in [3.63, 3.8) is 0 Å². The van der Waals surface area contributed by atoms with E-state index in [0.717, 1.165) is 6.07 Å². The minimum atomic E-state index is -4.73. The SMILES string of the molecule is O=C(O)C[C@@H](O)C[C@H](O)C=Cc1ccc(-c2ccc(C(F)(F)F)cc2[N+](=O)[O-])o1. The number of carboxylic acids is 1. The van der Waals surface area contributed by atoms with Crippen molar-refractivity contribution in [3.8, 4) is 11.3 Å². The number of carboxylic acid groups (broad SMARTS) is 1. The van der Waals surface area contributed by atoms with Crippen molar-refractivity contribution in [1.82, 2.24) is 0 Å². The topological polar surface area (TPSA) is 134 Å². The number of nitro groups is 1. The minimum absolute atomic E-state index is 0.0505. The Labute approximate surface area is 161 Å². The summed E-state index contributed by atoms with van der Waals surface area (Å²) in [6.07, 6.45) is -5.44. The third-order valence-corrected chi connectivity index (χ3v) is 3.82. The highest BCUT2D eigenvalue weighted by molar-refractivity contribution is 5.71. The largest absolute Gasteiger partial charge is 0.481 e. The lowest BCUT2D eigenvalue weighted by Crippen LogP contribution is -2.19. The number of hydrogen-bond donors (Lipinski definition) is 3. The molecule has 0 amide bonds. The first kappa shape index (κ1) is 22.1. The maximum Gasteiger partial charge on any atom is 0.416 e. The van der Waals surface area contributed by atoms with Crippen LogP contribution in [-0.4, -0.2) is 38.4 Å². The van der Waals surface area contributed by atoms with Crippen LogP contribution in [0.3, 0.4) is 0 Å². The molecule has 0 unspecified atom stereocenters.